The first-order valence-corrected chi connectivity index (χ1v) is 9.23. The number of fused-ring (bicyclic) bond motifs is 2. The van der Waals surface area contributed by atoms with Crippen LogP contribution in [-0.4, -0.2) is 23.2 Å². The third-order valence-corrected chi connectivity index (χ3v) is 5.12. The van der Waals surface area contributed by atoms with E-state index >= 15 is 0 Å². The number of aromatic nitrogens is 1. The zero-order valence-corrected chi connectivity index (χ0v) is 17.4. The zero-order valence-electron chi connectivity index (χ0n) is 16.5. The van der Waals surface area contributed by atoms with Crippen molar-refractivity contribution in [2.45, 2.75) is 27.3 Å². The maximum absolute atomic E-state index is 12.2. The highest BCUT2D eigenvalue weighted by Crippen LogP contribution is 2.35. The van der Waals surface area contributed by atoms with E-state index in [4.69, 9.17) is 13.9 Å². The lowest BCUT2D eigenvalue weighted by Crippen LogP contribution is -2.17. The molecule has 3 aromatic heterocycles. The number of aliphatic hydroxyl groups is 1. The zero-order chi connectivity index (χ0) is 19.8. The van der Waals surface area contributed by atoms with Crippen LogP contribution in [0.1, 0.15) is 22.4 Å². The monoisotopic (exact) mass is 414 g/mol. The number of hydrogen-bond acceptors (Lipinski definition) is 6. The van der Waals surface area contributed by atoms with Crippen LogP contribution in [0.3, 0.4) is 0 Å². The lowest BCUT2D eigenvalue weighted by atomic mass is 10.0. The van der Waals surface area contributed by atoms with Crippen molar-refractivity contribution in [2.24, 2.45) is 0 Å². The number of benzene rings is 1. The second kappa shape index (κ2) is 8.37. The maximum atomic E-state index is 12.2. The molecule has 0 saturated heterocycles. The van der Waals surface area contributed by atoms with Crippen LogP contribution >= 0.6 is 12.4 Å². The van der Waals surface area contributed by atoms with Gasteiger partial charge in [0.2, 0.25) is 0 Å². The van der Waals surface area contributed by atoms with Gasteiger partial charge >= 0.3 is 5.63 Å². The highest BCUT2D eigenvalue weighted by atomic mass is 35.5. The Morgan fingerprint density at radius 1 is 1.07 bits per heavy atom. The number of aliphatic hydroxyl groups excluding tert-OH is 1. The van der Waals surface area contributed by atoms with E-state index in [1.165, 1.54) is 6.07 Å². The average molecular weight is 415 g/mol. The van der Waals surface area contributed by atoms with Gasteiger partial charge in [-0.05, 0) is 43.5 Å². The standard InChI is InChI=1S/C22H22N2O4.ClH/c1-12-4-5-16-18(9-20(26)28-21(16)13(12)2)19-8-17-15(10-23-6-7-25)11-24-14(3)22(17)27-19;/h4-5,8-9,11,23,25H,6-7,10H2,1-3H3;1H. The summed E-state index contributed by atoms with van der Waals surface area (Å²) in [6.45, 7) is 6.98. The molecule has 2 N–H and O–H groups in total. The Morgan fingerprint density at radius 3 is 2.62 bits per heavy atom. The molecule has 0 radical (unpaired) electrons. The Hall–Kier alpha value is -2.67. The van der Waals surface area contributed by atoms with Gasteiger partial charge in [-0.25, -0.2) is 4.79 Å². The molecule has 4 rings (SSSR count). The average Bonchev–Trinajstić information content (AvgIpc) is 3.13. The molecule has 6 nitrogen and oxygen atoms in total. The lowest BCUT2D eigenvalue weighted by molar-refractivity contribution is 0.292. The molecule has 0 amide bonds. The minimum atomic E-state index is -0.406. The van der Waals surface area contributed by atoms with Gasteiger partial charge in [0.1, 0.15) is 11.3 Å². The molecular formula is C22H23ClN2O4. The molecule has 4 aromatic rings. The fourth-order valence-electron chi connectivity index (χ4n) is 3.44. The van der Waals surface area contributed by atoms with Crippen LogP contribution in [0.4, 0.5) is 0 Å². The van der Waals surface area contributed by atoms with Crippen molar-refractivity contribution >= 4 is 34.3 Å². The number of nitrogens with zero attached hydrogens (tertiary/aromatic N) is 1. The smallest absolute Gasteiger partial charge is 0.336 e. The van der Waals surface area contributed by atoms with Gasteiger partial charge in [-0.1, -0.05) is 12.1 Å². The normalized spacial score (nSPS) is 11.2. The number of rotatable bonds is 5. The van der Waals surface area contributed by atoms with E-state index in [1.807, 2.05) is 45.2 Å². The van der Waals surface area contributed by atoms with Gasteiger partial charge in [-0.3, -0.25) is 4.98 Å². The minimum Gasteiger partial charge on any atom is -0.454 e. The van der Waals surface area contributed by atoms with Crippen molar-refractivity contribution in [1.82, 2.24) is 10.3 Å². The molecule has 0 unspecified atom stereocenters. The number of halogens is 1. The molecule has 7 heteroatoms. The molecule has 0 bridgehead atoms. The SMILES string of the molecule is Cc1ccc2c(-c3cc4c(CNCCO)cnc(C)c4o3)cc(=O)oc2c1C.Cl. The summed E-state index contributed by atoms with van der Waals surface area (Å²) in [5.41, 5.74) is 5.35. The van der Waals surface area contributed by atoms with Gasteiger partial charge in [-0.15, -0.1) is 12.4 Å². The van der Waals surface area contributed by atoms with Crippen LogP contribution in [0.25, 0.3) is 33.3 Å². The van der Waals surface area contributed by atoms with Crippen molar-refractivity contribution < 1.29 is 13.9 Å². The van der Waals surface area contributed by atoms with Crippen LogP contribution in [0.15, 0.2) is 44.1 Å². The maximum Gasteiger partial charge on any atom is 0.336 e. The van der Waals surface area contributed by atoms with E-state index in [2.05, 4.69) is 10.3 Å². The van der Waals surface area contributed by atoms with Crippen molar-refractivity contribution in [3.8, 4) is 11.3 Å². The van der Waals surface area contributed by atoms with E-state index in [0.717, 1.165) is 33.2 Å². The largest absolute Gasteiger partial charge is 0.454 e. The van der Waals surface area contributed by atoms with Gasteiger partial charge in [0, 0.05) is 41.7 Å². The quantitative estimate of drug-likeness (QED) is 0.378. The molecule has 29 heavy (non-hydrogen) atoms. The molecule has 3 heterocycles. The van der Waals surface area contributed by atoms with Gasteiger partial charge in [0.05, 0.1) is 12.3 Å². The summed E-state index contributed by atoms with van der Waals surface area (Å²) >= 11 is 0. The lowest BCUT2D eigenvalue weighted by Gasteiger charge is -2.07. The first-order chi connectivity index (χ1) is 13.5. The fraction of sp³-hybridized carbons (Fsp3) is 0.273. The Balaban J connectivity index is 0.00000240. The number of furan rings is 1. The van der Waals surface area contributed by atoms with Crippen LogP contribution in [0, 0.1) is 20.8 Å². The Labute approximate surface area is 174 Å². The van der Waals surface area contributed by atoms with E-state index in [1.54, 1.807) is 0 Å². The predicted octanol–water partition coefficient (Wildman–Crippen LogP) is 4.03. The third kappa shape index (κ3) is 3.79. The second-order valence-corrected chi connectivity index (χ2v) is 6.99. The molecule has 152 valence electrons. The summed E-state index contributed by atoms with van der Waals surface area (Å²) in [4.78, 5) is 16.6. The number of nitrogens with one attached hydrogen (secondary N) is 1. The van der Waals surface area contributed by atoms with E-state index in [0.29, 0.717) is 35.6 Å². The molecular weight excluding hydrogens is 392 g/mol. The summed E-state index contributed by atoms with van der Waals surface area (Å²) in [5.74, 6) is 0.607. The summed E-state index contributed by atoms with van der Waals surface area (Å²) in [5, 5.41) is 13.9. The molecule has 0 aliphatic heterocycles. The van der Waals surface area contributed by atoms with Gasteiger partial charge in [0.25, 0.3) is 0 Å². The molecule has 0 saturated carbocycles. The molecule has 0 fully saturated rings. The summed E-state index contributed by atoms with van der Waals surface area (Å²) in [6.07, 6.45) is 1.81. The predicted molar refractivity (Wildman–Crippen MR) is 116 cm³/mol. The van der Waals surface area contributed by atoms with Crippen molar-refractivity contribution in [3.63, 3.8) is 0 Å². The molecule has 0 aliphatic carbocycles. The topological polar surface area (TPSA) is 88.5 Å². The third-order valence-electron chi connectivity index (χ3n) is 5.12. The Kier molecular flexibility index (Phi) is 6.07. The number of aryl methyl sites for hydroxylation is 3. The number of hydrogen-bond donors (Lipinski definition) is 2. The Morgan fingerprint density at radius 2 is 1.86 bits per heavy atom. The summed E-state index contributed by atoms with van der Waals surface area (Å²) in [7, 11) is 0. The molecule has 1 aromatic carbocycles. The highest BCUT2D eigenvalue weighted by molar-refractivity contribution is 5.97. The van der Waals surface area contributed by atoms with Crippen molar-refractivity contribution in [1.29, 1.82) is 0 Å². The van der Waals surface area contributed by atoms with E-state index < -0.39 is 5.63 Å². The fourth-order valence-corrected chi connectivity index (χ4v) is 3.44. The number of pyridine rings is 1. The van der Waals surface area contributed by atoms with Crippen LogP contribution in [0.2, 0.25) is 0 Å². The van der Waals surface area contributed by atoms with Crippen molar-refractivity contribution in [2.75, 3.05) is 13.2 Å². The van der Waals surface area contributed by atoms with E-state index in [9.17, 15) is 4.79 Å². The first-order valence-electron chi connectivity index (χ1n) is 9.23. The van der Waals surface area contributed by atoms with Crippen LogP contribution in [-0.2, 0) is 6.54 Å². The van der Waals surface area contributed by atoms with Gasteiger partial charge in [-0.2, -0.15) is 0 Å². The van der Waals surface area contributed by atoms with E-state index in [-0.39, 0.29) is 19.0 Å². The molecule has 0 aliphatic rings. The van der Waals surface area contributed by atoms with Crippen molar-refractivity contribution in [3.05, 3.63) is 63.3 Å². The molecule has 0 atom stereocenters. The van der Waals surface area contributed by atoms with Gasteiger partial charge in [0.15, 0.2) is 5.58 Å². The molecule has 0 spiro atoms. The first kappa shape index (κ1) is 21.0. The van der Waals surface area contributed by atoms with Gasteiger partial charge < -0.3 is 19.3 Å². The van der Waals surface area contributed by atoms with Crippen LogP contribution in [0.5, 0.6) is 0 Å². The summed E-state index contributed by atoms with van der Waals surface area (Å²) < 4.78 is 11.6. The Bertz CT molecular complexity index is 1240. The minimum absolute atomic E-state index is 0. The van der Waals surface area contributed by atoms with Crippen LogP contribution < -0.4 is 10.9 Å². The second-order valence-electron chi connectivity index (χ2n) is 6.99. The highest BCUT2D eigenvalue weighted by Gasteiger charge is 2.17. The summed E-state index contributed by atoms with van der Waals surface area (Å²) in [6, 6.07) is 7.39.